The third-order valence-corrected chi connectivity index (χ3v) is 4.47. The summed E-state index contributed by atoms with van der Waals surface area (Å²) in [5.74, 6) is -0.112. The highest BCUT2D eigenvalue weighted by atomic mass is 35.5. The van der Waals surface area contributed by atoms with Crippen LogP contribution in [-0.4, -0.2) is 24.4 Å². The van der Waals surface area contributed by atoms with Crippen LogP contribution in [0.25, 0.3) is 0 Å². The van der Waals surface area contributed by atoms with Gasteiger partial charge in [-0.1, -0.05) is 36.2 Å². The van der Waals surface area contributed by atoms with Crippen LogP contribution in [0, 0.1) is 0 Å². The summed E-state index contributed by atoms with van der Waals surface area (Å²) in [6.07, 6.45) is 3.21. The van der Waals surface area contributed by atoms with E-state index in [4.69, 9.17) is 16.3 Å². The van der Waals surface area contributed by atoms with Crippen molar-refractivity contribution in [2.24, 2.45) is 0 Å². The average Bonchev–Trinajstić information content (AvgIpc) is 2.49. The fraction of sp³-hybridized carbons (Fsp3) is 0.556. The van der Waals surface area contributed by atoms with Crippen molar-refractivity contribution in [3.8, 4) is 0 Å². The second-order valence-corrected chi connectivity index (χ2v) is 6.64. The van der Waals surface area contributed by atoms with Gasteiger partial charge in [-0.3, -0.25) is 9.59 Å². The zero-order valence-corrected chi connectivity index (χ0v) is 14.5. The summed E-state index contributed by atoms with van der Waals surface area (Å²) in [4.78, 5) is 24.4. The molecule has 0 heterocycles. The molecule has 126 valence electrons. The highest BCUT2D eigenvalue weighted by molar-refractivity contribution is 6.31. The number of hydrogen-bond donors (Lipinski definition) is 1. The van der Waals surface area contributed by atoms with Gasteiger partial charge in [0.1, 0.15) is 5.54 Å². The van der Waals surface area contributed by atoms with Gasteiger partial charge in [0.2, 0.25) is 0 Å². The van der Waals surface area contributed by atoms with Crippen LogP contribution in [-0.2, 0) is 19.9 Å². The number of ether oxygens (including phenoxy) is 1. The molecule has 23 heavy (non-hydrogen) atoms. The predicted molar refractivity (Wildman–Crippen MR) is 90.5 cm³/mol. The highest BCUT2D eigenvalue weighted by Crippen LogP contribution is 2.37. The number of hydrogen-bond acceptors (Lipinski definition) is 4. The van der Waals surface area contributed by atoms with Gasteiger partial charge in [-0.2, -0.15) is 0 Å². The minimum atomic E-state index is -0.783. The smallest absolute Gasteiger partial charge is 0.307 e. The molecule has 0 saturated heterocycles. The first-order valence-corrected chi connectivity index (χ1v) is 8.56. The van der Waals surface area contributed by atoms with E-state index in [2.05, 4.69) is 5.32 Å². The summed E-state index contributed by atoms with van der Waals surface area (Å²) in [6, 6.07) is 7.44. The molecule has 0 unspecified atom stereocenters. The van der Waals surface area contributed by atoms with Crippen molar-refractivity contribution in [3.05, 3.63) is 34.9 Å². The van der Waals surface area contributed by atoms with E-state index >= 15 is 0 Å². The maximum atomic E-state index is 12.7. The van der Waals surface area contributed by atoms with Crippen LogP contribution < -0.4 is 5.32 Å². The van der Waals surface area contributed by atoms with Crippen molar-refractivity contribution in [3.63, 3.8) is 0 Å². The summed E-state index contributed by atoms with van der Waals surface area (Å²) < 4.78 is 5.14. The molecule has 1 aromatic carbocycles. The van der Waals surface area contributed by atoms with Crippen molar-refractivity contribution in [2.45, 2.75) is 57.6 Å². The largest absolute Gasteiger partial charge is 0.463 e. The minimum Gasteiger partial charge on any atom is -0.463 e. The molecule has 1 aliphatic rings. The Morgan fingerprint density at radius 2 is 2.09 bits per heavy atom. The summed E-state index contributed by atoms with van der Waals surface area (Å²) in [7, 11) is 0. The van der Waals surface area contributed by atoms with Gasteiger partial charge in [-0.15, -0.1) is 0 Å². The van der Waals surface area contributed by atoms with Gasteiger partial charge in [-0.05, 0) is 38.3 Å². The molecule has 0 amide bonds. The van der Waals surface area contributed by atoms with Gasteiger partial charge >= 0.3 is 5.97 Å². The van der Waals surface area contributed by atoms with Crippen LogP contribution in [0.5, 0.6) is 0 Å². The molecule has 1 aliphatic carbocycles. The average molecular weight is 338 g/mol. The lowest BCUT2D eigenvalue weighted by Gasteiger charge is -2.37. The summed E-state index contributed by atoms with van der Waals surface area (Å²) in [6.45, 7) is 4.03. The zero-order chi connectivity index (χ0) is 16.9. The summed E-state index contributed by atoms with van der Waals surface area (Å²) >= 11 is 6.34. The zero-order valence-electron chi connectivity index (χ0n) is 13.7. The number of carbonyl (C=O) groups excluding carboxylic acids is 2. The molecule has 0 radical (unpaired) electrons. The lowest BCUT2D eigenvalue weighted by molar-refractivity contribution is -0.147. The Bertz CT molecular complexity index is 573. The van der Waals surface area contributed by atoms with E-state index in [1.54, 1.807) is 6.07 Å². The van der Waals surface area contributed by atoms with E-state index in [0.717, 1.165) is 18.4 Å². The molecular formula is C18H24ClNO3. The fourth-order valence-corrected chi connectivity index (χ4v) is 3.40. The predicted octanol–water partition coefficient (Wildman–Crippen LogP) is 3.61. The Kier molecular flexibility index (Phi) is 6.19. The van der Waals surface area contributed by atoms with E-state index in [0.29, 0.717) is 24.4 Å². The lowest BCUT2D eigenvalue weighted by Crippen LogP contribution is -2.51. The van der Waals surface area contributed by atoms with E-state index in [9.17, 15) is 9.59 Å². The number of esters is 1. The second-order valence-electron chi connectivity index (χ2n) is 6.23. The molecule has 5 heteroatoms. The third kappa shape index (κ3) is 4.33. The Labute approximate surface area is 142 Å². The van der Waals surface area contributed by atoms with Gasteiger partial charge in [-0.25, -0.2) is 0 Å². The first kappa shape index (κ1) is 18.0. The van der Waals surface area contributed by atoms with Gasteiger partial charge in [0.15, 0.2) is 5.78 Å². The highest BCUT2D eigenvalue weighted by Gasteiger charge is 2.42. The molecule has 1 aromatic rings. The molecule has 1 N–H and O–H groups in total. The Morgan fingerprint density at radius 3 is 2.74 bits per heavy atom. The normalized spacial score (nSPS) is 21.5. The van der Waals surface area contributed by atoms with Crippen LogP contribution in [0.1, 0.15) is 51.5 Å². The number of carbonyl (C=O) groups is 2. The molecule has 0 aromatic heterocycles. The van der Waals surface area contributed by atoms with Gasteiger partial charge < -0.3 is 10.1 Å². The summed E-state index contributed by atoms with van der Waals surface area (Å²) in [5.41, 5.74) is 0.0259. The molecule has 2 rings (SSSR count). The molecule has 1 saturated carbocycles. The van der Waals surface area contributed by atoms with Crippen molar-refractivity contribution < 1.29 is 14.3 Å². The number of halogens is 1. The number of benzene rings is 1. The molecule has 0 bridgehead atoms. The van der Waals surface area contributed by atoms with Gasteiger partial charge in [0, 0.05) is 18.0 Å². The Morgan fingerprint density at radius 1 is 1.35 bits per heavy atom. The van der Waals surface area contributed by atoms with Crippen molar-refractivity contribution in [1.29, 1.82) is 0 Å². The number of nitrogens with one attached hydrogen (secondary N) is 1. The third-order valence-electron chi connectivity index (χ3n) is 4.14. The van der Waals surface area contributed by atoms with E-state index in [1.165, 1.54) is 0 Å². The van der Waals surface area contributed by atoms with Crippen LogP contribution in [0.4, 0.5) is 0 Å². The van der Waals surface area contributed by atoms with Crippen LogP contribution >= 0.6 is 11.6 Å². The van der Waals surface area contributed by atoms with E-state index in [-0.39, 0.29) is 24.3 Å². The number of Topliss-reactive ketones (excluding diaryl/α,β-unsaturated/α-hetero) is 1. The summed E-state index contributed by atoms with van der Waals surface area (Å²) in [5, 5.41) is 3.89. The fourth-order valence-electron chi connectivity index (χ4n) is 3.10. The molecule has 1 atom stereocenters. The lowest BCUT2D eigenvalue weighted by atomic mass is 9.75. The molecule has 0 spiro atoms. The molecule has 1 fully saturated rings. The number of ketones is 1. The second kappa shape index (κ2) is 7.93. The van der Waals surface area contributed by atoms with Crippen LogP contribution in [0.3, 0.4) is 0 Å². The van der Waals surface area contributed by atoms with Crippen molar-refractivity contribution >= 4 is 23.4 Å². The van der Waals surface area contributed by atoms with Crippen molar-refractivity contribution in [2.75, 3.05) is 6.54 Å². The maximum Gasteiger partial charge on any atom is 0.307 e. The Balaban J connectivity index is 2.14. The van der Waals surface area contributed by atoms with Crippen molar-refractivity contribution in [1.82, 2.24) is 5.32 Å². The Hall–Kier alpha value is -1.39. The SMILES string of the molecule is CC(C)OC(=O)CCN[C@]1(c2ccccc2Cl)CCCCC1=O. The van der Waals surface area contributed by atoms with Crippen LogP contribution in [0.2, 0.25) is 5.02 Å². The number of rotatable bonds is 6. The van der Waals surface area contributed by atoms with Crippen LogP contribution in [0.15, 0.2) is 24.3 Å². The molecule has 4 nitrogen and oxygen atoms in total. The first-order valence-electron chi connectivity index (χ1n) is 8.18. The molecular weight excluding hydrogens is 314 g/mol. The molecule has 0 aliphatic heterocycles. The standard InChI is InChI=1S/C18H24ClNO3/c1-13(2)23-17(22)10-12-20-18(11-6-5-9-16(18)21)14-7-3-4-8-15(14)19/h3-4,7-8,13,20H,5-6,9-12H2,1-2H3/t18-/m0/s1. The van der Waals surface area contributed by atoms with Gasteiger partial charge in [0.25, 0.3) is 0 Å². The minimum absolute atomic E-state index is 0.128. The maximum absolute atomic E-state index is 12.7. The first-order chi connectivity index (χ1) is 11.0. The van der Waals surface area contributed by atoms with E-state index < -0.39 is 5.54 Å². The van der Waals surface area contributed by atoms with E-state index in [1.807, 2.05) is 32.0 Å². The topological polar surface area (TPSA) is 55.4 Å². The quantitative estimate of drug-likeness (QED) is 0.806. The monoisotopic (exact) mass is 337 g/mol. The van der Waals surface area contributed by atoms with Gasteiger partial charge in [0.05, 0.1) is 12.5 Å².